The molecule has 9 nitrogen and oxygen atoms in total. The average molecular weight is 387 g/mol. The van der Waals surface area contributed by atoms with Crippen LogP contribution < -0.4 is 5.32 Å². The van der Waals surface area contributed by atoms with Gasteiger partial charge in [0, 0.05) is 51.4 Å². The standard InChI is InChI=1S/C19H25N5O4/c1-2-7-20-19(25)17-14-28-18(21-17)13-23-10-8-22(9-11-23)12-15-3-5-16(6-4-15)24(26)27/h3-6,14H,2,7-13H2,1H3,(H,20,25). The molecule has 0 radical (unpaired) electrons. The van der Waals surface area contributed by atoms with Crippen LogP contribution in [0.3, 0.4) is 0 Å². The van der Waals surface area contributed by atoms with Crippen LogP contribution in [0.5, 0.6) is 0 Å². The summed E-state index contributed by atoms with van der Waals surface area (Å²) in [6, 6.07) is 6.70. The highest BCUT2D eigenvalue weighted by Crippen LogP contribution is 2.15. The summed E-state index contributed by atoms with van der Waals surface area (Å²) in [5, 5.41) is 13.5. The number of carbonyl (C=O) groups excluding carboxylic acids is 1. The van der Waals surface area contributed by atoms with Gasteiger partial charge in [-0.1, -0.05) is 19.1 Å². The quantitative estimate of drug-likeness (QED) is 0.546. The van der Waals surface area contributed by atoms with Gasteiger partial charge in [-0.3, -0.25) is 24.7 Å². The number of nitro groups is 1. The minimum atomic E-state index is -0.385. The molecule has 1 aliphatic rings. The van der Waals surface area contributed by atoms with Crippen LogP contribution in [0.25, 0.3) is 0 Å². The SMILES string of the molecule is CCCNC(=O)c1coc(CN2CCN(Cc3ccc([N+](=O)[O-])cc3)CC2)n1. The first kappa shape index (κ1) is 20.0. The number of nitrogens with one attached hydrogen (secondary N) is 1. The Morgan fingerprint density at radius 2 is 1.82 bits per heavy atom. The molecule has 1 N–H and O–H groups in total. The van der Waals surface area contributed by atoms with Crippen LogP contribution >= 0.6 is 0 Å². The summed E-state index contributed by atoms with van der Waals surface area (Å²) in [6.07, 6.45) is 2.28. The molecular weight excluding hydrogens is 362 g/mol. The van der Waals surface area contributed by atoms with Crippen molar-refractivity contribution in [3.63, 3.8) is 0 Å². The summed E-state index contributed by atoms with van der Waals surface area (Å²) in [7, 11) is 0. The molecule has 0 unspecified atom stereocenters. The molecule has 0 spiro atoms. The van der Waals surface area contributed by atoms with Crippen molar-refractivity contribution in [3.8, 4) is 0 Å². The maximum absolute atomic E-state index is 11.9. The van der Waals surface area contributed by atoms with Crippen LogP contribution in [-0.4, -0.2) is 58.3 Å². The van der Waals surface area contributed by atoms with E-state index in [0.717, 1.165) is 44.7 Å². The Hall–Kier alpha value is -2.78. The number of oxazole rings is 1. The highest BCUT2D eigenvalue weighted by Gasteiger charge is 2.20. The minimum absolute atomic E-state index is 0.113. The third kappa shape index (κ3) is 5.37. The number of amides is 1. The number of benzene rings is 1. The largest absolute Gasteiger partial charge is 0.447 e. The van der Waals surface area contributed by atoms with E-state index in [1.165, 1.54) is 6.26 Å². The van der Waals surface area contributed by atoms with Gasteiger partial charge in [-0.2, -0.15) is 0 Å². The Kier molecular flexibility index (Phi) is 6.72. The molecule has 1 aromatic heterocycles. The number of nitrogens with zero attached hydrogens (tertiary/aromatic N) is 4. The number of non-ortho nitro benzene ring substituents is 1. The number of aromatic nitrogens is 1. The van der Waals surface area contributed by atoms with Crippen molar-refractivity contribution in [2.45, 2.75) is 26.4 Å². The fraction of sp³-hybridized carbons (Fsp3) is 0.474. The molecule has 3 rings (SSSR count). The summed E-state index contributed by atoms with van der Waals surface area (Å²) in [5.41, 5.74) is 1.50. The highest BCUT2D eigenvalue weighted by atomic mass is 16.6. The van der Waals surface area contributed by atoms with E-state index in [1.807, 2.05) is 19.1 Å². The van der Waals surface area contributed by atoms with Gasteiger partial charge in [-0.15, -0.1) is 0 Å². The van der Waals surface area contributed by atoms with Gasteiger partial charge in [-0.05, 0) is 12.0 Å². The van der Waals surface area contributed by atoms with Crippen molar-refractivity contribution < 1.29 is 14.1 Å². The fourth-order valence-corrected chi connectivity index (χ4v) is 3.09. The summed E-state index contributed by atoms with van der Waals surface area (Å²) in [6.45, 7) is 7.48. The summed E-state index contributed by atoms with van der Waals surface area (Å²) in [5.74, 6) is 0.343. The van der Waals surface area contributed by atoms with Gasteiger partial charge < -0.3 is 9.73 Å². The van der Waals surface area contributed by atoms with Crippen LogP contribution in [0.1, 0.15) is 35.3 Å². The molecule has 9 heteroatoms. The Morgan fingerprint density at radius 1 is 1.18 bits per heavy atom. The van der Waals surface area contributed by atoms with Crippen LogP contribution in [0.2, 0.25) is 0 Å². The molecule has 1 aliphatic heterocycles. The van der Waals surface area contributed by atoms with E-state index in [9.17, 15) is 14.9 Å². The second kappa shape index (κ2) is 9.43. The van der Waals surface area contributed by atoms with Crippen molar-refractivity contribution in [1.29, 1.82) is 0 Å². The zero-order chi connectivity index (χ0) is 19.9. The van der Waals surface area contributed by atoms with E-state index < -0.39 is 0 Å². The molecule has 0 aliphatic carbocycles. The topological polar surface area (TPSA) is 105 Å². The Morgan fingerprint density at radius 3 is 2.43 bits per heavy atom. The monoisotopic (exact) mass is 387 g/mol. The zero-order valence-corrected chi connectivity index (χ0v) is 16.0. The van der Waals surface area contributed by atoms with Crippen LogP contribution in [0.4, 0.5) is 5.69 Å². The molecule has 2 aromatic rings. The fourth-order valence-electron chi connectivity index (χ4n) is 3.09. The van der Waals surface area contributed by atoms with E-state index >= 15 is 0 Å². The average Bonchev–Trinajstić information content (AvgIpc) is 3.16. The predicted molar refractivity (Wildman–Crippen MR) is 103 cm³/mol. The second-order valence-corrected chi connectivity index (χ2v) is 6.86. The molecule has 1 aromatic carbocycles. The first-order valence-electron chi connectivity index (χ1n) is 9.46. The molecule has 0 atom stereocenters. The van der Waals surface area contributed by atoms with Gasteiger partial charge in [0.2, 0.25) is 5.89 Å². The van der Waals surface area contributed by atoms with Crippen LogP contribution in [0, 0.1) is 10.1 Å². The normalized spacial score (nSPS) is 15.5. The summed E-state index contributed by atoms with van der Waals surface area (Å²) in [4.78, 5) is 31.1. The molecule has 0 saturated carbocycles. The molecule has 1 saturated heterocycles. The Bertz CT molecular complexity index is 797. The third-order valence-electron chi connectivity index (χ3n) is 4.70. The van der Waals surface area contributed by atoms with Gasteiger partial charge in [0.1, 0.15) is 6.26 Å². The van der Waals surface area contributed by atoms with E-state index in [2.05, 4.69) is 20.1 Å². The molecule has 0 bridgehead atoms. The number of hydrogen-bond donors (Lipinski definition) is 1. The lowest BCUT2D eigenvalue weighted by Gasteiger charge is -2.34. The van der Waals surface area contributed by atoms with Crippen molar-refractivity contribution in [2.24, 2.45) is 0 Å². The molecule has 28 heavy (non-hydrogen) atoms. The van der Waals surface area contributed by atoms with Gasteiger partial charge in [-0.25, -0.2) is 4.98 Å². The number of nitro benzene ring substituents is 1. The van der Waals surface area contributed by atoms with E-state index in [-0.39, 0.29) is 16.5 Å². The van der Waals surface area contributed by atoms with Crippen molar-refractivity contribution in [2.75, 3.05) is 32.7 Å². The van der Waals surface area contributed by atoms with Gasteiger partial charge in [0.25, 0.3) is 11.6 Å². The Labute approximate surface area is 163 Å². The van der Waals surface area contributed by atoms with E-state index in [4.69, 9.17) is 4.42 Å². The minimum Gasteiger partial charge on any atom is -0.447 e. The third-order valence-corrected chi connectivity index (χ3v) is 4.70. The lowest BCUT2D eigenvalue weighted by molar-refractivity contribution is -0.384. The molecular formula is C19H25N5O4. The van der Waals surface area contributed by atoms with E-state index in [1.54, 1.807) is 12.1 Å². The zero-order valence-electron chi connectivity index (χ0n) is 16.0. The van der Waals surface area contributed by atoms with Gasteiger partial charge in [0.15, 0.2) is 5.69 Å². The lowest BCUT2D eigenvalue weighted by Crippen LogP contribution is -2.45. The maximum Gasteiger partial charge on any atom is 0.273 e. The Balaban J connectivity index is 1.44. The molecule has 1 amide bonds. The first-order valence-corrected chi connectivity index (χ1v) is 9.46. The van der Waals surface area contributed by atoms with Gasteiger partial charge in [0.05, 0.1) is 11.5 Å². The first-order chi connectivity index (χ1) is 13.5. The number of piperazine rings is 1. The summed E-state index contributed by atoms with van der Waals surface area (Å²) < 4.78 is 5.44. The molecule has 1 fully saturated rings. The van der Waals surface area contributed by atoms with Crippen molar-refractivity contribution >= 4 is 11.6 Å². The van der Waals surface area contributed by atoms with Crippen LogP contribution in [0.15, 0.2) is 34.9 Å². The lowest BCUT2D eigenvalue weighted by atomic mass is 10.2. The van der Waals surface area contributed by atoms with Crippen molar-refractivity contribution in [1.82, 2.24) is 20.1 Å². The highest BCUT2D eigenvalue weighted by molar-refractivity contribution is 5.91. The molecule has 150 valence electrons. The van der Waals surface area contributed by atoms with E-state index in [0.29, 0.717) is 24.7 Å². The maximum atomic E-state index is 11.9. The second-order valence-electron chi connectivity index (χ2n) is 6.86. The van der Waals surface area contributed by atoms with Crippen molar-refractivity contribution in [3.05, 3.63) is 57.8 Å². The number of carbonyl (C=O) groups is 1. The van der Waals surface area contributed by atoms with Gasteiger partial charge >= 0.3 is 0 Å². The number of rotatable bonds is 8. The summed E-state index contributed by atoms with van der Waals surface area (Å²) >= 11 is 0. The predicted octanol–water partition coefficient (Wildman–Crippen LogP) is 2.04. The smallest absolute Gasteiger partial charge is 0.273 e. The molecule has 2 heterocycles. The van der Waals surface area contributed by atoms with Crippen LogP contribution in [-0.2, 0) is 13.1 Å². The number of hydrogen-bond acceptors (Lipinski definition) is 7.